The van der Waals surface area contributed by atoms with Crippen molar-refractivity contribution in [3.63, 3.8) is 0 Å². The van der Waals surface area contributed by atoms with Crippen LogP contribution in [0.4, 0.5) is 0 Å². The topological polar surface area (TPSA) is 78.0 Å². The average molecular weight is 334 g/mol. The van der Waals surface area contributed by atoms with Gasteiger partial charge in [0.05, 0.1) is 4.90 Å². The standard InChI is InChI=1S/C15H12ClN3O2S/c16-12-3-1-2-11(10-12)15-18-8-9-19(15)13-4-6-14(7-5-13)22(17,20)21/h1-10H,(H2,17,20,21). The van der Waals surface area contributed by atoms with Crippen LogP contribution in [0, 0.1) is 0 Å². The van der Waals surface area contributed by atoms with Gasteiger partial charge in [-0.3, -0.25) is 4.57 Å². The molecule has 5 nitrogen and oxygen atoms in total. The quantitative estimate of drug-likeness (QED) is 0.800. The number of halogens is 1. The fourth-order valence-electron chi connectivity index (χ4n) is 2.15. The molecule has 22 heavy (non-hydrogen) atoms. The average Bonchev–Trinajstić information content (AvgIpc) is 2.96. The molecule has 0 aliphatic heterocycles. The molecule has 0 atom stereocenters. The summed E-state index contributed by atoms with van der Waals surface area (Å²) in [7, 11) is -3.70. The van der Waals surface area contributed by atoms with E-state index in [1.807, 2.05) is 22.8 Å². The molecule has 0 radical (unpaired) electrons. The van der Waals surface area contributed by atoms with Crippen LogP contribution in [0.15, 0.2) is 65.8 Å². The van der Waals surface area contributed by atoms with Gasteiger partial charge < -0.3 is 0 Å². The molecule has 3 rings (SSSR count). The van der Waals surface area contributed by atoms with Gasteiger partial charge in [0.25, 0.3) is 0 Å². The molecule has 0 unspecified atom stereocenters. The van der Waals surface area contributed by atoms with Crippen molar-refractivity contribution in [1.29, 1.82) is 0 Å². The number of nitrogens with two attached hydrogens (primary N) is 1. The largest absolute Gasteiger partial charge is 0.300 e. The van der Waals surface area contributed by atoms with E-state index in [1.54, 1.807) is 30.6 Å². The summed E-state index contributed by atoms with van der Waals surface area (Å²) in [5, 5.41) is 5.72. The monoisotopic (exact) mass is 333 g/mol. The summed E-state index contributed by atoms with van der Waals surface area (Å²) in [4.78, 5) is 4.41. The highest BCUT2D eigenvalue weighted by molar-refractivity contribution is 7.89. The van der Waals surface area contributed by atoms with E-state index in [2.05, 4.69) is 4.98 Å². The molecule has 0 spiro atoms. The zero-order valence-electron chi connectivity index (χ0n) is 11.3. The van der Waals surface area contributed by atoms with Crippen LogP contribution in [0.25, 0.3) is 17.1 Å². The minimum absolute atomic E-state index is 0.0701. The molecule has 0 aliphatic rings. The van der Waals surface area contributed by atoms with Crippen LogP contribution < -0.4 is 5.14 Å². The maximum Gasteiger partial charge on any atom is 0.238 e. The van der Waals surface area contributed by atoms with Crippen LogP contribution >= 0.6 is 11.6 Å². The number of primary sulfonamides is 1. The molecule has 3 aromatic rings. The predicted octanol–water partition coefficient (Wildman–Crippen LogP) is 2.84. The Kier molecular flexibility index (Phi) is 3.74. The zero-order valence-corrected chi connectivity index (χ0v) is 12.9. The van der Waals surface area contributed by atoms with Crippen molar-refractivity contribution < 1.29 is 8.42 Å². The Hall–Kier alpha value is -2.15. The highest BCUT2D eigenvalue weighted by atomic mass is 35.5. The van der Waals surface area contributed by atoms with Gasteiger partial charge in [-0.1, -0.05) is 23.7 Å². The fourth-order valence-corrected chi connectivity index (χ4v) is 2.86. The summed E-state index contributed by atoms with van der Waals surface area (Å²) in [5.74, 6) is 0.714. The molecule has 1 aromatic heterocycles. The number of sulfonamides is 1. The third-order valence-corrected chi connectivity index (χ3v) is 4.33. The lowest BCUT2D eigenvalue weighted by Crippen LogP contribution is -2.12. The Bertz CT molecular complexity index is 918. The van der Waals surface area contributed by atoms with E-state index in [0.717, 1.165) is 11.3 Å². The smallest absolute Gasteiger partial charge is 0.238 e. The summed E-state index contributed by atoms with van der Waals surface area (Å²) in [6.45, 7) is 0. The molecular weight excluding hydrogens is 322 g/mol. The fraction of sp³-hybridized carbons (Fsp3) is 0. The minimum atomic E-state index is -3.70. The first-order valence-corrected chi connectivity index (χ1v) is 8.30. The number of rotatable bonds is 3. The Balaban J connectivity index is 2.06. The third-order valence-electron chi connectivity index (χ3n) is 3.17. The van der Waals surface area contributed by atoms with Gasteiger partial charge in [-0.15, -0.1) is 0 Å². The molecule has 0 saturated heterocycles. The van der Waals surface area contributed by atoms with Crippen molar-refractivity contribution in [3.8, 4) is 17.1 Å². The van der Waals surface area contributed by atoms with Crippen LogP contribution in [0.5, 0.6) is 0 Å². The molecule has 112 valence electrons. The van der Waals surface area contributed by atoms with E-state index in [0.29, 0.717) is 10.8 Å². The maximum absolute atomic E-state index is 11.3. The molecule has 2 N–H and O–H groups in total. The van der Waals surface area contributed by atoms with E-state index < -0.39 is 10.0 Å². The first kappa shape index (κ1) is 14.8. The van der Waals surface area contributed by atoms with E-state index in [-0.39, 0.29) is 4.90 Å². The number of imidazole rings is 1. The highest BCUT2D eigenvalue weighted by Crippen LogP contribution is 2.24. The first-order valence-electron chi connectivity index (χ1n) is 6.38. The molecule has 0 bridgehead atoms. The lowest BCUT2D eigenvalue weighted by molar-refractivity contribution is 0.598. The summed E-state index contributed by atoms with van der Waals surface area (Å²) < 4.78 is 24.4. The SMILES string of the molecule is NS(=O)(=O)c1ccc(-n2ccnc2-c2cccc(Cl)c2)cc1. The van der Waals surface area contributed by atoms with Crippen LogP contribution in [0.3, 0.4) is 0 Å². The lowest BCUT2D eigenvalue weighted by Gasteiger charge is -2.09. The van der Waals surface area contributed by atoms with E-state index in [4.69, 9.17) is 16.7 Å². The lowest BCUT2D eigenvalue weighted by atomic mass is 10.2. The van der Waals surface area contributed by atoms with Gasteiger partial charge in [0.2, 0.25) is 10.0 Å². The Morgan fingerprint density at radius 3 is 2.45 bits per heavy atom. The normalized spacial score (nSPS) is 11.5. The Labute approximate surface area is 133 Å². The third kappa shape index (κ3) is 2.89. The molecule has 7 heteroatoms. The minimum Gasteiger partial charge on any atom is -0.300 e. The van der Waals surface area contributed by atoms with Gasteiger partial charge in [0.1, 0.15) is 5.82 Å². The van der Waals surface area contributed by atoms with E-state index >= 15 is 0 Å². The second-order valence-electron chi connectivity index (χ2n) is 4.67. The van der Waals surface area contributed by atoms with Crippen LogP contribution in [0.2, 0.25) is 5.02 Å². The molecule has 0 amide bonds. The number of hydrogen-bond acceptors (Lipinski definition) is 3. The number of benzene rings is 2. The van der Waals surface area contributed by atoms with E-state index in [9.17, 15) is 8.42 Å². The number of aromatic nitrogens is 2. The Morgan fingerprint density at radius 1 is 1.09 bits per heavy atom. The van der Waals surface area contributed by atoms with Crippen molar-refractivity contribution in [1.82, 2.24) is 9.55 Å². The molecule has 0 fully saturated rings. The van der Waals surface area contributed by atoms with Crippen LogP contribution in [-0.4, -0.2) is 18.0 Å². The summed E-state index contributed by atoms with van der Waals surface area (Å²) in [6, 6.07) is 13.6. The predicted molar refractivity (Wildman–Crippen MR) is 85.4 cm³/mol. The first-order chi connectivity index (χ1) is 10.4. The van der Waals surface area contributed by atoms with Crippen LogP contribution in [-0.2, 0) is 10.0 Å². The second kappa shape index (κ2) is 5.57. The highest BCUT2D eigenvalue weighted by Gasteiger charge is 2.10. The molecule has 1 heterocycles. The van der Waals surface area contributed by atoms with Gasteiger partial charge in [-0.2, -0.15) is 0 Å². The molecule has 0 aliphatic carbocycles. The molecular formula is C15H12ClN3O2S. The Morgan fingerprint density at radius 2 is 1.82 bits per heavy atom. The van der Waals surface area contributed by atoms with Gasteiger partial charge in [-0.05, 0) is 36.4 Å². The maximum atomic E-state index is 11.3. The van der Waals surface area contributed by atoms with Crippen LogP contribution in [0.1, 0.15) is 0 Å². The van der Waals surface area contributed by atoms with Gasteiger partial charge >= 0.3 is 0 Å². The summed E-state index contributed by atoms with van der Waals surface area (Å²) >= 11 is 6.01. The molecule has 0 saturated carbocycles. The number of hydrogen-bond donors (Lipinski definition) is 1. The molecule has 2 aromatic carbocycles. The van der Waals surface area contributed by atoms with E-state index in [1.165, 1.54) is 12.1 Å². The van der Waals surface area contributed by atoms with Gasteiger partial charge in [0, 0.05) is 28.7 Å². The van der Waals surface area contributed by atoms with Crippen molar-refractivity contribution in [2.75, 3.05) is 0 Å². The summed E-state index contributed by atoms with van der Waals surface area (Å²) in [6.07, 6.45) is 3.46. The number of nitrogens with zero attached hydrogens (tertiary/aromatic N) is 2. The van der Waals surface area contributed by atoms with Crippen molar-refractivity contribution in [2.45, 2.75) is 4.90 Å². The van der Waals surface area contributed by atoms with Crippen molar-refractivity contribution in [3.05, 3.63) is 65.9 Å². The van der Waals surface area contributed by atoms with Crippen molar-refractivity contribution >= 4 is 21.6 Å². The zero-order chi connectivity index (χ0) is 15.7. The second-order valence-corrected chi connectivity index (χ2v) is 6.67. The van der Waals surface area contributed by atoms with Gasteiger partial charge in [0.15, 0.2) is 0 Å². The van der Waals surface area contributed by atoms with Crippen molar-refractivity contribution in [2.24, 2.45) is 5.14 Å². The van der Waals surface area contributed by atoms with Gasteiger partial charge in [-0.25, -0.2) is 18.5 Å². The summed E-state index contributed by atoms with van der Waals surface area (Å²) in [5.41, 5.74) is 1.65.